The minimum absolute atomic E-state index is 0.784. The van der Waals surface area contributed by atoms with E-state index in [4.69, 9.17) is 11.6 Å². The maximum Gasteiger partial charge on any atom is 0.101 e. The Hall–Kier alpha value is -1.03. The van der Waals surface area contributed by atoms with Crippen molar-refractivity contribution in [2.75, 3.05) is 6.54 Å². The number of rotatable bonds is 5. The molecule has 1 heterocycles. The Kier molecular flexibility index (Phi) is 5.46. The number of halogens is 1. The number of benzene rings is 1. The van der Waals surface area contributed by atoms with Gasteiger partial charge in [0.1, 0.15) is 5.03 Å². The molecular weight excluding hydrogens is 288 g/mol. The van der Waals surface area contributed by atoms with E-state index in [0.717, 1.165) is 33.7 Å². The molecule has 0 saturated heterocycles. The first kappa shape index (κ1) is 15.4. The van der Waals surface area contributed by atoms with Crippen LogP contribution in [0.1, 0.15) is 23.7 Å². The van der Waals surface area contributed by atoms with Gasteiger partial charge >= 0.3 is 0 Å². The van der Waals surface area contributed by atoms with E-state index >= 15 is 0 Å². The van der Waals surface area contributed by atoms with Gasteiger partial charge in [-0.15, -0.1) is 0 Å². The van der Waals surface area contributed by atoms with Crippen LogP contribution in [0.25, 0.3) is 0 Å². The van der Waals surface area contributed by atoms with Crippen LogP contribution in [-0.4, -0.2) is 11.5 Å². The smallest absolute Gasteiger partial charge is 0.101 e. The average molecular weight is 307 g/mol. The number of nitrogens with zero attached hydrogens (tertiary/aromatic N) is 1. The maximum absolute atomic E-state index is 6.36. The lowest BCUT2D eigenvalue weighted by atomic mass is 10.2. The fourth-order valence-corrected chi connectivity index (χ4v) is 3.25. The summed E-state index contributed by atoms with van der Waals surface area (Å²) in [4.78, 5) is 5.58. The zero-order chi connectivity index (χ0) is 14.5. The van der Waals surface area contributed by atoms with E-state index in [-0.39, 0.29) is 0 Å². The van der Waals surface area contributed by atoms with Crippen molar-refractivity contribution in [3.63, 3.8) is 0 Å². The summed E-state index contributed by atoms with van der Waals surface area (Å²) in [5, 5.41) is 5.07. The van der Waals surface area contributed by atoms with Crippen LogP contribution in [0.5, 0.6) is 0 Å². The molecule has 0 atom stereocenters. The molecule has 0 unspecified atom stereocenters. The molecule has 1 aromatic carbocycles. The average Bonchev–Trinajstić information content (AvgIpc) is 2.38. The second kappa shape index (κ2) is 7.11. The van der Waals surface area contributed by atoms with Crippen LogP contribution >= 0.6 is 23.4 Å². The highest BCUT2D eigenvalue weighted by atomic mass is 35.5. The van der Waals surface area contributed by atoms with Gasteiger partial charge in [-0.3, -0.25) is 0 Å². The fourth-order valence-electron chi connectivity index (χ4n) is 1.98. The molecule has 20 heavy (non-hydrogen) atoms. The second-order valence-corrected chi connectivity index (χ2v) is 6.24. The van der Waals surface area contributed by atoms with Crippen molar-refractivity contribution in [2.24, 2.45) is 0 Å². The molecule has 0 aliphatic carbocycles. The van der Waals surface area contributed by atoms with E-state index < -0.39 is 0 Å². The normalized spacial score (nSPS) is 10.8. The van der Waals surface area contributed by atoms with E-state index in [9.17, 15) is 0 Å². The SMILES string of the molecule is CCNCc1ccc(Sc2cc(C)cc(C)n2)c(Cl)c1. The number of hydrogen-bond donors (Lipinski definition) is 1. The van der Waals surface area contributed by atoms with Gasteiger partial charge in [0.05, 0.1) is 5.02 Å². The summed E-state index contributed by atoms with van der Waals surface area (Å²) in [6.07, 6.45) is 0. The summed E-state index contributed by atoms with van der Waals surface area (Å²) in [6, 6.07) is 10.4. The monoisotopic (exact) mass is 306 g/mol. The number of aryl methyl sites for hydroxylation is 2. The lowest BCUT2D eigenvalue weighted by molar-refractivity contribution is 0.726. The molecule has 2 rings (SSSR count). The molecular formula is C16H19ClN2S. The Morgan fingerprint density at radius 2 is 2.00 bits per heavy atom. The minimum atomic E-state index is 0.784. The van der Waals surface area contributed by atoms with E-state index in [1.807, 2.05) is 13.0 Å². The van der Waals surface area contributed by atoms with E-state index in [1.165, 1.54) is 11.1 Å². The maximum atomic E-state index is 6.36. The molecule has 0 saturated carbocycles. The van der Waals surface area contributed by atoms with Crippen molar-refractivity contribution in [2.45, 2.75) is 37.2 Å². The first-order valence-electron chi connectivity index (χ1n) is 6.70. The van der Waals surface area contributed by atoms with Gasteiger partial charge in [-0.2, -0.15) is 0 Å². The van der Waals surface area contributed by atoms with E-state index in [1.54, 1.807) is 11.8 Å². The number of pyridine rings is 1. The largest absolute Gasteiger partial charge is 0.313 e. The van der Waals surface area contributed by atoms with Gasteiger partial charge in [-0.05, 0) is 55.8 Å². The molecule has 0 amide bonds. The predicted octanol–water partition coefficient (Wildman–Crippen LogP) is 4.61. The van der Waals surface area contributed by atoms with Gasteiger partial charge in [0, 0.05) is 17.1 Å². The van der Waals surface area contributed by atoms with Crippen molar-refractivity contribution in [3.05, 3.63) is 52.2 Å². The molecule has 2 nitrogen and oxygen atoms in total. The third kappa shape index (κ3) is 4.23. The number of nitrogens with one attached hydrogen (secondary N) is 1. The van der Waals surface area contributed by atoms with Gasteiger partial charge in [0.25, 0.3) is 0 Å². The lowest BCUT2D eigenvalue weighted by Gasteiger charge is -2.08. The van der Waals surface area contributed by atoms with Crippen LogP contribution in [0.4, 0.5) is 0 Å². The Balaban J connectivity index is 2.16. The number of aromatic nitrogens is 1. The third-order valence-electron chi connectivity index (χ3n) is 2.86. The van der Waals surface area contributed by atoms with Gasteiger partial charge in [-0.1, -0.05) is 36.4 Å². The summed E-state index contributed by atoms with van der Waals surface area (Å²) in [7, 11) is 0. The highest BCUT2D eigenvalue weighted by Crippen LogP contribution is 2.33. The first-order valence-corrected chi connectivity index (χ1v) is 7.90. The molecule has 0 fully saturated rings. The van der Waals surface area contributed by atoms with Crippen molar-refractivity contribution in [3.8, 4) is 0 Å². The molecule has 0 radical (unpaired) electrons. The fraction of sp³-hybridized carbons (Fsp3) is 0.312. The first-order chi connectivity index (χ1) is 9.58. The van der Waals surface area contributed by atoms with Crippen molar-refractivity contribution in [1.29, 1.82) is 0 Å². The van der Waals surface area contributed by atoms with Crippen molar-refractivity contribution < 1.29 is 0 Å². The third-order valence-corrected chi connectivity index (χ3v) is 4.28. The van der Waals surface area contributed by atoms with Gasteiger partial charge in [0.15, 0.2) is 0 Å². The zero-order valence-electron chi connectivity index (χ0n) is 12.0. The van der Waals surface area contributed by atoms with Crippen LogP contribution in [-0.2, 0) is 6.54 Å². The molecule has 4 heteroatoms. The predicted molar refractivity (Wildman–Crippen MR) is 86.7 cm³/mol. The van der Waals surface area contributed by atoms with E-state index in [2.05, 4.69) is 48.4 Å². The molecule has 0 aliphatic heterocycles. The van der Waals surface area contributed by atoms with Gasteiger partial charge in [-0.25, -0.2) is 4.98 Å². The van der Waals surface area contributed by atoms with Gasteiger partial charge < -0.3 is 5.32 Å². The summed E-state index contributed by atoms with van der Waals surface area (Å²) in [6.45, 7) is 8.00. The lowest BCUT2D eigenvalue weighted by Crippen LogP contribution is -2.11. The minimum Gasteiger partial charge on any atom is -0.313 e. The standard InChI is InChI=1S/C16H19ClN2S/c1-4-18-10-13-5-6-15(14(17)9-13)20-16-8-11(2)7-12(3)19-16/h5-9,18H,4,10H2,1-3H3. The highest BCUT2D eigenvalue weighted by molar-refractivity contribution is 7.99. The van der Waals surface area contributed by atoms with Crippen LogP contribution in [0.2, 0.25) is 5.02 Å². The van der Waals surface area contributed by atoms with Crippen LogP contribution in [0.15, 0.2) is 40.3 Å². The van der Waals surface area contributed by atoms with Crippen LogP contribution in [0.3, 0.4) is 0 Å². The van der Waals surface area contributed by atoms with Gasteiger partial charge in [0.2, 0.25) is 0 Å². The Morgan fingerprint density at radius 1 is 1.20 bits per heavy atom. The van der Waals surface area contributed by atoms with Crippen LogP contribution < -0.4 is 5.32 Å². The number of hydrogen-bond acceptors (Lipinski definition) is 3. The molecule has 106 valence electrons. The quantitative estimate of drug-likeness (QED) is 0.873. The Morgan fingerprint density at radius 3 is 2.65 bits per heavy atom. The summed E-state index contributed by atoms with van der Waals surface area (Å²) < 4.78 is 0. The Labute approximate surface area is 130 Å². The Bertz CT molecular complexity index is 579. The van der Waals surface area contributed by atoms with E-state index in [0.29, 0.717) is 0 Å². The summed E-state index contributed by atoms with van der Waals surface area (Å²) >= 11 is 7.97. The molecule has 1 aromatic heterocycles. The summed E-state index contributed by atoms with van der Waals surface area (Å²) in [5.74, 6) is 0. The highest BCUT2D eigenvalue weighted by Gasteiger charge is 2.06. The van der Waals surface area contributed by atoms with Crippen molar-refractivity contribution >= 4 is 23.4 Å². The second-order valence-electron chi connectivity index (χ2n) is 4.77. The summed E-state index contributed by atoms with van der Waals surface area (Å²) in [5.41, 5.74) is 3.46. The topological polar surface area (TPSA) is 24.9 Å². The molecule has 1 N–H and O–H groups in total. The molecule has 0 bridgehead atoms. The van der Waals surface area contributed by atoms with Crippen molar-refractivity contribution in [1.82, 2.24) is 10.3 Å². The van der Waals surface area contributed by atoms with Crippen LogP contribution in [0, 0.1) is 13.8 Å². The molecule has 2 aromatic rings. The zero-order valence-corrected chi connectivity index (χ0v) is 13.6. The molecule has 0 spiro atoms. The molecule has 0 aliphatic rings.